The zero-order chi connectivity index (χ0) is 16.2. The summed E-state index contributed by atoms with van der Waals surface area (Å²) in [5.74, 6) is -2.94. The molecule has 3 heteroatoms. The molecule has 3 aromatic rings. The van der Waals surface area contributed by atoms with Crippen LogP contribution in [0.1, 0.15) is 16.7 Å². The Morgan fingerprint density at radius 1 is 0.826 bits per heavy atom. The Labute approximate surface area is 133 Å². The van der Waals surface area contributed by atoms with E-state index in [1.54, 1.807) is 18.2 Å². The number of rotatable bonds is 1. The Balaban J connectivity index is 2.01. The van der Waals surface area contributed by atoms with E-state index in [1.807, 2.05) is 55.1 Å². The molecule has 2 aromatic carbocycles. The number of pyridine rings is 1. The Bertz CT molecular complexity index is 929. The van der Waals surface area contributed by atoms with Crippen LogP contribution in [0.25, 0.3) is 22.4 Å². The van der Waals surface area contributed by atoms with Crippen LogP contribution in [0.5, 0.6) is 0 Å². The summed E-state index contributed by atoms with van der Waals surface area (Å²) in [6.45, 7) is 1.97. The van der Waals surface area contributed by atoms with Crippen LogP contribution >= 0.6 is 0 Å². The number of nitrogens with zero attached hydrogens (tertiary/aromatic N) is 1. The molecule has 0 aliphatic heterocycles. The van der Waals surface area contributed by atoms with Gasteiger partial charge in [0.1, 0.15) is 7.05 Å². The minimum atomic E-state index is -2.94. The quantitative estimate of drug-likeness (QED) is 0.578. The molecule has 0 fully saturated rings. The van der Waals surface area contributed by atoms with E-state index in [2.05, 4.69) is 0 Å². The molecular formula is C20H16F2N+. The summed E-state index contributed by atoms with van der Waals surface area (Å²) in [6.07, 6.45) is 1.93. The van der Waals surface area contributed by atoms with Gasteiger partial charge in [0.05, 0.1) is 0 Å². The fourth-order valence-electron chi connectivity index (χ4n) is 3.41. The van der Waals surface area contributed by atoms with Crippen molar-refractivity contribution in [3.63, 3.8) is 0 Å². The highest BCUT2D eigenvalue weighted by molar-refractivity contribution is 5.83. The van der Waals surface area contributed by atoms with Gasteiger partial charge < -0.3 is 0 Å². The molecule has 0 spiro atoms. The van der Waals surface area contributed by atoms with Crippen molar-refractivity contribution in [2.45, 2.75) is 12.8 Å². The zero-order valence-corrected chi connectivity index (χ0v) is 13.0. The molecule has 4 rings (SSSR count). The second kappa shape index (κ2) is 4.72. The average Bonchev–Trinajstić information content (AvgIpc) is 2.76. The normalized spacial score (nSPS) is 14.4. The van der Waals surface area contributed by atoms with E-state index < -0.39 is 5.92 Å². The van der Waals surface area contributed by atoms with Gasteiger partial charge in [-0.05, 0) is 35.7 Å². The highest BCUT2D eigenvalue weighted by Gasteiger charge is 2.44. The van der Waals surface area contributed by atoms with Crippen LogP contribution < -0.4 is 4.57 Å². The van der Waals surface area contributed by atoms with Gasteiger partial charge in [-0.2, -0.15) is 8.78 Å². The number of fused-ring (bicyclic) bond motifs is 3. The molecule has 0 radical (unpaired) electrons. The summed E-state index contributed by atoms with van der Waals surface area (Å²) in [5, 5.41) is 0. The van der Waals surface area contributed by atoms with Crippen LogP contribution in [0.2, 0.25) is 0 Å². The first-order valence-corrected chi connectivity index (χ1v) is 7.58. The molecule has 0 saturated heterocycles. The molecule has 0 unspecified atom stereocenters. The Morgan fingerprint density at radius 2 is 1.57 bits per heavy atom. The minimum absolute atomic E-state index is 0.100. The third kappa shape index (κ3) is 1.93. The predicted octanol–water partition coefficient (Wildman–Crippen LogP) is 4.61. The summed E-state index contributed by atoms with van der Waals surface area (Å²) in [5.41, 5.74) is 4.26. The van der Waals surface area contributed by atoms with E-state index in [0.29, 0.717) is 11.1 Å². The molecule has 1 heterocycles. The van der Waals surface area contributed by atoms with Gasteiger partial charge in [0.25, 0.3) is 5.92 Å². The van der Waals surface area contributed by atoms with Gasteiger partial charge in [0, 0.05) is 28.8 Å². The van der Waals surface area contributed by atoms with Crippen molar-refractivity contribution in [3.05, 3.63) is 77.5 Å². The maximum absolute atomic E-state index is 14.9. The lowest BCUT2D eigenvalue weighted by atomic mass is 9.96. The first-order chi connectivity index (χ1) is 11.0. The van der Waals surface area contributed by atoms with E-state index in [-0.39, 0.29) is 11.1 Å². The number of aromatic nitrogens is 1. The molecule has 23 heavy (non-hydrogen) atoms. The van der Waals surface area contributed by atoms with E-state index >= 15 is 0 Å². The highest BCUT2D eigenvalue weighted by atomic mass is 19.3. The highest BCUT2D eigenvalue weighted by Crippen LogP contribution is 2.52. The van der Waals surface area contributed by atoms with Crippen molar-refractivity contribution in [1.29, 1.82) is 0 Å². The largest absolute Gasteiger partial charge is 0.299 e. The van der Waals surface area contributed by atoms with Gasteiger partial charge in [-0.3, -0.25) is 0 Å². The zero-order valence-electron chi connectivity index (χ0n) is 13.0. The van der Waals surface area contributed by atoms with Crippen molar-refractivity contribution in [2.24, 2.45) is 7.05 Å². The first kappa shape index (κ1) is 14.1. The second-order valence-electron chi connectivity index (χ2n) is 6.03. The van der Waals surface area contributed by atoms with Crippen molar-refractivity contribution in [3.8, 4) is 22.4 Å². The minimum Gasteiger partial charge on any atom is -0.201 e. The SMILES string of the molecule is Cc1cc2c(cc1-c1cccc[n+]1C)C(F)(F)c1ccccc1-2. The van der Waals surface area contributed by atoms with Gasteiger partial charge in [0.2, 0.25) is 5.69 Å². The van der Waals surface area contributed by atoms with Crippen LogP contribution in [0.15, 0.2) is 60.8 Å². The topological polar surface area (TPSA) is 3.88 Å². The second-order valence-corrected chi connectivity index (χ2v) is 6.03. The van der Waals surface area contributed by atoms with Crippen LogP contribution in [0.3, 0.4) is 0 Å². The number of hydrogen-bond acceptors (Lipinski definition) is 0. The Hall–Kier alpha value is -2.55. The molecule has 1 aliphatic rings. The number of benzene rings is 2. The number of alkyl halides is 2. The number of halogens is 2. The molecule has 1 aliphatic carbocycles. The van der Waals surface area contributed by atoms with Gasteiger partial charge in [-0.1, -0.05) is 30.3 Å². The molecule has 1 nitrogen and oxygen atoms in total. The summed E-state index contributed by atoms with van der Waals surface area (Å²) in [7, 11) is 1.93. The standard InChI is InChI=1S/C20H16F2N/c1-13-11-16-14-7-3-4-8-17(14)20(21,22)18(16)12-15(13)19-9-5-6-10-23(19)2/h3-12H,1-2H3/q+1. The van der Waals surface area contributed by atoms with Crippen LogP contribution in [0.4, 0.5) is 8.78 Å². The summed E-state index contributed by atoms with van der Waals surface area (Å²) in [4.78, 5) is 0. The van der Waals surface area contributed by atoms with Gasteiger partial charge in [-0.25, -0.2) is 4.57 Å². The van der Waals surface area contributed by atoms with Gasteiger partial charge >= 0.3 is 0 Å². The maximum Gasteiger partial charge on any atom is 0.299 e. The van der Waals surface area contributed by atoms with Crippen molar-refractivity contribution in [1.82, 2.24) is 0 Å². The molecule has 0 bridgehead atoms. The van der Waals surface area contributed by atoms with E-state index in [1.165, 1.54) is 6.07 Å². The van der Waals surface area contributed by atoms with E-state index in [9.17, 15) is 8.78 Å². The third-order valence-corrected chi connectivity index (χ3v) is 4.59. The van der Waals surface area contributed by atoms with E-state index in [4.69, 9.17) is 0 Å². The lowest BCUT2D eigenvalue weighted by Gasteiger charge is -2.14. The first-order valence-electron chi connectivity index (χ1n) is 7.58. The van der Waals surface area contributed by atoms with Crippen molar-refractivity contribution in [2.75, 3.05) is 0 Å². The van der Waals surface area contributed by atoms with Crippen molar-refractivity contribution >= 4 is 0 Å². The summed E-state index contributed by atoms with van der Waals surface area (Å²) in [6, 6.07) is 16.1. The van der Waals surface area contributed by atoms with Crippen molar-refractivity contribution < 1.29 is 13.3 Å². The average molecular weight is 308 g/mol. The smallest absolute Gasteiger partial charge is 0.201 e. The molecule has 0 amide bonds. The lowest BCUT2D eigenvalue weighted by molar-refractivity contribution is -0.660. The maximum atomic E-state index is 14.9. The summed E-state index contributed by atoms with van der Waals surface area (Å²) >= 11 is 0. The molecule has 0 atom stereocenters. The molecule has 1 aromatic heterocycles. The molecular weight excluding hydrogens is 292 g/mol. The molecule has 114 valence electrons. The fraction of sp³-hybridized carbons (Fsp3) is 0.150. The Morgan fingerprint density at radius 3 is 2.35 bits per heavy atom. The monoisotopic (exact) mass is 308 g/mol. The molecule has 0 N–H and O–H groups in total. The Kier molecular flexibility index (Phi) is 2.89. The third-order valence-electron chi connectivity index (χ3n) is 4.59. The predicted molar refractivity (Wildman–Crippen MR) is 86.2 cm³/mol. The van der Waals surface area contributed by atoms with E-state index in [0.717, 1.165) is 16.8 Å². The fourth-order valence-corrected chi connectivity index (χ4v) is 3.41. The summed E-state index contributed by atoms with van der Waals surface area (Å²) < 4.78 is 31.7. The lowest BCUT2D eigenvalue weighted by Crippen LogP contribution is -2.30. The van der Waals surface area contributed by atoms with Crippen LogP contribution in [0, 0.1) is 6.92 Å². The van der Waals surface area contributed by atoms with Gasteiger partial charge in [-0.15, -0.1) is 0 Å². The molecule has 0 saturated carbocycles. The van der Waals surface area contributed by atoms with Gasteiger partial charge in [0.15, 0.2) is 6.20 Å². The van der Waals surface area contributed by atoms with Crippen LogP contribution in [-0.2, 0) is 13.0 Å². The number of hydrogen-bond donors (Lipinski definition) is 0. The van der Waals surface area contributed by atoms with Crippen LogP contribution in [-0.4, -0.2) is 0 Å². The number of aryl methyl sites for hydroxylation is 2.